The summed E-state index contributed by atoms with van der Waals surface area (Å²) >= 11 is 0. The lowest BCUT2D eigenvalue weighted by atomic mass is 9.85. The number of halogens is 3. The zero-order valence-electron chi connectivity index (χ0n) is 12.5. The Hall–Kier alpha value is -2.11. The zero-order valence-corrected chi connectivity index (χ0v) is 12.5. The van der Waals surface area contributed by atoms with Gasteiger partial charge in [-0.3, -0.25) is 4.98 Å². The molecule has 0 bridgehead atoms. The monoisotopic (exact) mass is 307 g/mol. The van der Waals surface area contributed by atoms with Gasteiger partial charge in [0.05, 0.1) is 17.3 Å². The molecule has 6 heteroatoms. The van der Waals surface area contributed by atoms with Gasteiger partial charge in [-0.1, -0.05) is 13.0 Å². The van der Waals surface area contributed by atoms with E-state index in [0.717, 1.165) is 16.8 Å². The Morgan fingerprint density at radius 1 is 1.27 bits per heavy atom. The summed E-state index contributed by atoms with van der Waals surface area (Å²) in [5.74, 6) is -1.51. The highest BCUT2D eigenvalue weighted by atomic mass is 19.4. The molecule has 2 heterocycles. The van der Waals surface area contributed by atoms with Gasteiger partial charge >= 0.3 is 6.18 Å². The average molecular weight is 307 g/mol. The van der Waals surface area contributed by atoms with Gasteiger partial charge in [0.25, 0.3) is 0 Å². The predicted octanol–water partition coefficient (Wildman–Crippen LogP) is 4.10. The van der Waals surface area contributed by atoms with Crippen LogP contribution in [0.3, 0.4) is 0 Å². The number of hydrogen-bond acceptors (Lipinski definition) is 2. The molecule has 3 nitrogen and oxygen atoms in total. The summed E-state index contributed by atoms with van der Waals surface area (Å²) in [5.41, 5.74) is 3.06. The molecule has 0 saturated carbocycles. The van der Waals surface area contributed by atoms with Crippen molar-refractivity contribution >= 4 is 6.08 Å². The van der Waals surface area contributed by atoms with Gasteiger partial charge < -0.3 is 4.57 Å². The lowest BCUT2D eigenvalue weighted by Gasteiger charge is -2.26. The smallest absolute Gasteiger partial charge is 0.327 e. The molecule has 116 valence electrons. The van der Waals surface area contributed by atoms with Crippen molar-refractivity contribution in [2.75, 3.05) is 0 Å². The summed E-state index contributed by atoms with van der Waals surface area (Å²) < 4.78 is 41.1. The SMILES string of the molecule is Cc1cnccc1-c1nc2c(n1C)C=CC(C(F)(F)F)C2C. The van der Waals surface area contributed by atoms with Gasteiger partial charge in [-0.25, -0.2) is 4.98 Å². The fourth-order valence-corrected chi connectivity index (χ4v) is 2.95. The minimum absolute atomic E-state index is 0.499. The molecule has 0 amide bonds. The van der Waals surface area contributed by atoms with Crippen LogP contribution in [-0.2, 0) is 7.05 Å². The number of imidazole rings is 1. The van der Waals surface area contributed by atoms with Gasteiger partial charge in [0, 0.05) is 30.9 Å². The third-order valence-electron chi connectivity index (χ3n) is 4.24. The third kappa shape index (κ3) is 2.23. The van der Waals surface area contributed by atoms with Gasteiger partial charge in [0.2, 0.25) is 0 Å². The van der Waals surface area contributed by atoms with E-state index in [1.165, 1.54) is 12.2 Å². The number of alkyl halides is 3. The van der Waals surface area contributed by atoms with E-state index >= 15 is 0 Å². The number of fused-ring (bicyclic) bond motifs is 1. The Kier molecular flexibility index (Phi) is 3.34. The Labute approximate surface area is 126 Å². The van der Waals surface area contributed by atoms with Crippen LogP contribution < -0.4 is 0 Å². The van der Waals surface area contributed by atoms with Gasteiger partial charge in [-0.2, -0.15) is 13.2 Å². The maximum atomic E-state index is 13.1. The summed E-state index contributed by atoms with van der Waals surface area (Å²) in [6.45, 7) is 3.49. The second-order valence-corrected chi connectivity index (χ2v) is 5.67. The number of allylic oxidation sites excluding steroid dienone is 1. The standard InChI is InChI=1S/C16H16F3N3/c1-9-8-20-7-6-11(9)15-21-14-10(2)12(16(17,18)19)4-5-13(14)22(15)3/h4-8,10,12H,1-3H3. The van der Waals surface area contributed by atoms with Crippen molar-refractivity contribution in [2.24, 2.45) is 13.0 Å². The van der Waals surface area contributed by atoms with Crippen molar-refractivity contribution in [1.82, 2.24) is 14.5 Å². The van der Waals surface area contributed by atoms with E-state index in [1.807, 2.05) is 24.6 Å². The van der Waals surface area contributed by atoms with Crippen molar-refractivity contribution in [3.63, 3.8) is 0 Å². The fraction of sp³-hybridized carbons (Fsp3) is 0.375. The molecule has 1 aliphatic rings. The van der Waals surface area contributed by atoms with Crippen LogP contribution in [-0.4, -0.2) is 20.7 Å². The number of aromatic nitrogens is 3. The molecule has 22 heavy (non-hydrogen) atoms. The van der Waals surface area contributed by atoms with Crippen molar-refractivity contribution in [3.05, 3.63) is 41.5 Å². The molecular formula is C16H16F3N3. The van der Waals surface area contributed by atoms with Crippen molar-refractivity contribution < 1.29 is 13.2 Å². The summed E-state index contributed by atoms with van der Waals surface area (Å²) in [5, 5.41) is 0. The summed E-state index contributed by atoms with van der Waals surface area (Å²) in [6, 6.07) is 1.83. The Balaban J connectivity index is 2.12. The highest BCUT2D eigenvalue weighted by Gasteiger charge is 2.45. The lowest BCUT2D eigenvalue weighted by molar-refractivity contribution is -0.166. The minimum Gasteiger partial charge on any atom is -0.327 e. The molecule has 1 aliphatic carbocycles. The van der Waals surface area contributed by atoms with E-state index in [4.69, 9.17) is 0 Å². The molecular weight excluding hydrogens is 291 g/mol. The molecule has 3 rings (SSSR count). The van der Waals surface area contributed by atoms with Crippen LogP contribution in [0.2, 0.25) is 0 Å². The second-order valence-electron chi connectivity index (χ2n) is 5.67. The Bertz CT molecular complexity index is 744. The topological polar surface area (TPSA) is 30.7 Å². The van der Waals surface area contributed by atoms with Gasteiger partial charge in [0.15, 0.2) is 0 Å². The second kappa shape index (κ2) is 4.97. The minimum atomic E-state index is -4.25. The molecule has 2 unspecified atom stereocenters. The zero-order chi connectivity index (χ0) is 16.1. The highest BCUT2D eigenvalue weighted by Crippen LogP contribution is 2.43. The van der Waals surface area contributed by atoms with Gasteiger partial charge in [-0.05, 0) is 24.6 Å². The van der Waals surface area contributed by atoms with Crippen LogP contribution in [0.25, 0.3) is 17.5 Å². The molecule has 0 aliphatic heterocycles. The third-order valence-corrected chi connectivity index (χ3v) is 4.24. The predicted molar refractivity (Wildman–Crippen MR) is 78.2 cm³/mol. The molecule has 0 spiro atoms. The molecule has 2 aromatic rings. The molecule has 0 aromatic carbocycles. The lowest BCUT2D eigenvalue weighted by Crippen LogP contribution is -2.28. The largest absolute Gasteiger partial charge is 0.395 e. The molecule has 2 aromatic heterocycles. The van der Waals surface area contributed by atoms with Crippen LogP contribution in [0.5, 0.6) is 0 Å². The first kappa shape index (κ1) is 14.8. The number of nitrogens with zero attached hydrogens (tertiary/aromatic N) is 3. The van der Waals surface area contributed by atoms with Gasteiger partial charge in [0.1, 0.15) is 5.82 Å². The Morgan fingerprint density at radius 3 is 2.64 bits per heavy atom. The summed E-state index contributed by atoms with van der Waals surface area (Å²) in [7, 11) is 1.83. The number of hydrogen-bond donors (Lipinski definition) is 0. The molecule has 0 fully saturated rings. The van der Waals surface area contributed by atoms with Crippen LogP contribution >= 0.6 is 0 Å². The van der Waals surface area contributed by atoms with E-state index in [1.54, 1.807) is 19.3 Å². The maximum Gasteiger partial charge on any atom is 0.395 e. The summed E-state index contributed by atoms with van der Waals surface area (Å²) in [6.07, 6.45) is 1.89. The number of pyridine rings is 1. The number of aryl methyl sites for hydroxylation is 1. The maximum absolute atomic E-state index is 13.1. The number of rotatable bonds is 1. The molecule has 2 atom stereocenters. The van der Waals surface area contributed by atoms with Crippen molar-refractivity contribution in [3.8, 4) is 11.4 Å². The highest BCUT2D eigenvalue weighted by molar-refractivity contribution is 5.65. The van der Waals surface area contributed by atoms with Crippen LogP contribution in [0.4, 0.5) is 13.2 Å². The van der Waals surface area contributed by atoms with Gasteiger partial charge in [-0.15, -0.1) is 0 Å². The molecule has 0 N–H and O–H groups in total. The molecule has 0 radical (unpaired) electrons. The average Bonchev–Trinajstić information content (AvgIpc) is 2.77. The van der Waals surface area contributed by atoms with Crippen LogP contribution in [0, 0.1) is 12.8 Å². The summed E-state index contributed by atoms with van der Waals surface area (Å²) in [4.78, 5) is 8.55. The van der Waals surface area contributed by atoms with Crippen molar-refractivity contribution in [1.29, 1.82) is 0 Å². The van der Waals surface area contributed by atoms with E-state index in [-0.39, 0.29) is 0 Å². The van der Waals surface area contributed by atoms with Crippen LogP contribution in [0.15, 0.2) is 24.5 Å². The van der Waals surface area contributed by atoms with E-state index in [0.29, 0.717) is 11.5 Å². The first-order valence-corrected chi connectivity index (χ1v) is 7.03. The van der Waals surface area contributed by atoms with E-state index in [2.05, 4.69) is 9.97 Å². The first-order valence-electron chi connectivity index (χ1n) is 7.03. The normalized spacial score (nSPS) is 21.0. The first-order chi connectivity index (χ1) is 10.3. The van der Waals surface area contributed by atoms with Crippen LogP contribution in [0.1, 0.15) is 29.8 Å². The van der Waals surface area contributed by atoms with E-state index in [9.17, 15) is 13.2 Å². The van der Waals surface area contributed by atoms with E-state index < -0.39 is 18.0 Å². The van der Waals surface area contributed by atoms with Crippen molar-refractivity contribution in [2.45, 2.75) is 25.9 Å². The molecule has 0 saturated heterocycles. The fourth-order valence-electron chi connectivity index (χ4n) is 2.95. The quantitative estimate of drug-likeness (QED) is 0.794. The Morgan fingerprint density at radius 2 is 2.00 bits per heavy atom.